The molecule has 172 valence electrons. The van der Waals surface area contributed by atoms with Crippen LogP contribution in [0.4, 0.5) is 0 Å². The second kappa shape index (κ2) is 12.1. The molecule has 1 saturated heterocycles. The van der Waals surface area contributed by atoms with Crippen LogP contribution in [0.1, 0.15) is 30.8 Å². The van der Waals surface area contributed by atoms with Gasteiger partial charge in [-0.1, -0.05) is 30.3 Å². The van der Waals surface area contributed by atoms with Crippen LogP contribution in [-0.4, -0.2) is 57.8 Å². The van der Waals surface area contributed by atoms with Crippen LogP contribution in [0.25, 0.3) is 5.65 Å². The second-order valence-corrected chi connectivity index (χ2v) is 7.83. The highest BCUT2D eigenvalue weighted by molar-refractivity contribution is 14.0. The van der Waals surface area contributed by atoms with E-state index < -0.39 is 0 Å². The van der Waals surface area contributed by atoms with Crippen molar-refractivity contribution in [3.8, 4) is 0 Å². The van der Waals surface area contributed by atoms with Crippen LogP contribution in [0.15, 0.2) is 53.7 Å². The zero-order valence-corrected chi connectivity index (χ0v) is 21.0. The number of benzene rings is 1. The summed E-state index contributed by atoms with van der Waals surface area (Å²) in [6, 6.07) is 14.6. The van der Waals surface area contributed by atoms with E-state index in [9.17, 15) is 0 Å². The quantitative estimate of drug-likeness (QED) is 0.268. The Bertz CT molecular complexity index is 1020. The summed E-state index contributed by atoms with van der Waals surface area (Å²) < 4.78 is 7.63. The van der Waals surface area contributed by atoms with Crippen LogP contribution < -0.4 is 10.6 Å². The Kier molecular flexibility index (Phi) is 9.24. The van der Waals surface area contributed by atoms with Gasteiger partial charge in [0.2, 0.25) is 0 Å². The van der Waals surface area contributed by atoms with Crippen molar-refractivity contribution in [2.75, 3.05) is 26.2 Å². The van der Waals surface area contributed by atoms with E-state index in [0.29, 0.717) is 19.2 Å². The molecule has 2 N–H and O–H groups in total. The lowest BCUT2D eigenvalue weighted by Crippen LogP contribution is -2.40. The predicted molar refractivity (Wildman–Crippen MR) is 137 cm³/mol. The molecular formula is C23H32IN7O. The number of halogens is 1. The number of aromatic nitrogens is 3. The third kappa shape index (κ3) is 6.63. The lowest BCUT2D eigenvalue weighted by Gasteiger charge is -2.31. The standard InChI is InChI=1S/C23H31N7O.HI/c1-3-24-23(26-15-22-28-27-21-9-4-5-10-30(21)22)25-14-19-7-6-8-20(13-19)17-29-11-12-31-18(2)16-29;/h4-10,13,18H,3,11-12,14-17H2,1-2H3,(H2,24,25,26);1H. The highest BCUT2D eigenvalue weighted by Gasteiger charge is 2.16. The van der Waals surface area contributed by atoms with Crippen molar-refractivity contribution < 1.29 is 4.74 Å². The molecule has 1 aromatic carbocycles. The number of fused-ring (bicyclic) bond motifs is 1. The molecule has 1 unspecified atom stereocenters. The maximum Gasteiger partial charge on any atom is 0.191 e. The van der Waals surface area contributed by atoms with Gasteiger partial charge in [-0.3, -0.25) is 9.30 Å². The number of ether oxygens (including phenoxy) is 1. The number of hydrogen-bond acceptors (Lipinski definition) is 5. The average molecular weight is 549 g/mol. The smallest absolute Gasteiger partial charge is 0.191 e. The van der Waals surface area contributed by atoms with E-state index in [1.165, 1.54) is 11.1 Å². The summed E-state index contributed by atoms with van der Waals surface area (Å²) in [6.07, 6.45) is 2.27. The molecule has 9 heteroatoms. The molecule has 0 amide bonds. The largest absolute Gasteiger partial charge is 0.376 e. The number of nitrogens with one attached hydrogen (secondary N) is 2. The van der Waals surface area contributed by atoms with E-state index in [1.807, 2.05) is 28.8 Å². The SMILES string of the molecule is CCNC(=NCc1cccc(CN2CCOC(C)C2)c1)NCc1nnc2ccccn12.I. The van der Waals surface area contributed by atoms with Crippen LogP contribution in [0.5, 0.6) is 0 Å². The van der Waals surface area contributed by atoms with E-state index in [0.717, 1.165) is 50.2 Å². The Morgan fingerprint density at radius 3 is 2.88 bits per heavy atom. The molecule has 0 spiro atoms. The fraction of sp³-hybridized carbons (Fsp3) is 0.435. The predicted octanol–water partition coefficient (Wildman–Crippen LogP) is 2.82. The molecule has 0 aliphatic carbocycles. The molecule has 3 heterocycles. The van der Waals surface area contributed by atoms with Gasteiger partial charge in [-0.25, -0.2) is 4.99 Å². The van der Waals surface area contributed by atoms with Crippen molar-refractivity contribution in [1.29, 1.82) is 0 Å². The Morgan fingerprint density at radius 2 is 2.03 bits per heavy atom. The van der Waals surface area contributed by atoms with Crippen molar-refractivity contribution in [2.24, 2.45) is 4.99 Å². The van der Waals surface area contributed by atoms with E-state index in [1.54, 1.807) is 0 Å². The number of nitrogens with zero attached hydrogens (tertiary/aromatic N) is 5. The van der Waals surface area contributed by atoms with Gasteiger partial charge in [0.1, 0.15) is 0 Å². The van der Waals surface area contributed by atoms with Gasteiger partial charge in [-0.2, -0.15) is 0 Å². The Balaban J connectivity index is 0.00000289. The molecule has 0 bridgehead atoms. The molecular weight excluding hydrogens is 517 g/mol. The normalized spacial score (nSPS) is 17.2. The highest BCUT2D eigenvalue weighted by Crippen LogP contribution is 2.13. The third-order valence-corrected chi connectivity index (χ3v) is 5.29. The minimum atomic E-state index is 0. The van der Waals surface area contributed by atoms with E-state index in [4.69, 9.17) is 9.73 Å². The van der Waals surface area contributed by atoms with Crippen LogP contribution in [-0.2, 0) is 24.4 Å². The fourth-order valence-corrected chi connectivity index (χ4v) is 3.81. The third-order valence-electron chi connectivity index (χ3n) is 5.29. The number of aliphatic imine (C=N–C) groups is 1. The number of guanidine groups is 1. The summed E-state index contributed by atoms with van der Waals surface area (Å²) in [7, 11) is 0. The summed E-state index contributed by atoms with van der Waals surface area (Å²) in [5.41, 5.74) is 3.35. The maximum atomic E-state index is 5.65. The van der Waals surface area contributed by atoms with Gasteiger partial charge < -0.3 is 15.4 Å². The summed E-state index contributed by atoms with van der Waals surface area (Å²) in [5.74, 6) is 1.62. The van der Waals surface area contributed by atoms with Crippen molar-refractivity contribution in [3.05, 3.63) is 65.6 Å². The first-order chi connectivity index (χ1) is 15.2. The number of morpholine rings is 1. The van der Waals surface area contributed by atoms with Crippen molar-refractivity contribution in [2.45, 2.75) is 39.6 Å². The van der Waals surface area contributed by atoms with Crippen molar-refractivity contribution in [3.63, 3.8) is 0 Å². The van der Waals surface area contributed by atoms with E-state index in [2.05, 4.69) is 63.8 Å². The van der Waals surface area contributed by atoms with Crippen molar-refractivity contribution >= 4 is 35.6 Å². The molecule has 1 aliphatic heterocycles. The van der Waals surface area contributed by atoms with Crippen LogP contribution in [0, 0.1) is 0 Å². The van der Waals surface area contributed by atoms with Gasteiger partial charge >= 0.3 is 0 Å². The minimum Gasteiger partial charge on any atom is -0.376 e. The first kappa shape index (κ1) is 24.4. The summed E-state index contributed by atoms with van der Waals surface area (Å²) >= 11 is 0. The number of rotatable bonds is 7. The van der Waals surface area contributed by atoms with Gasteiger partial charge in [-0.05, 0) is 37.1 Å². The molecule has 1 atom stereocenters. The minimum absolute atomic E-state index is 0. The zero-order chi connectivity index (χ0) is 21.5. The lowest BCUT2D eigenvalue weighted by molar-refractivity contribution is -0.0212. The molecule has 0 saturated carbocycles. The van der Waals surface area contributed by atoms with Crippen molar-refractivity contribution in [1.82, 2.24) is 30.1 Å². The summed E-state index contributed by atoms with van der Waals surface area (Å²) in [5, 5.41) is 15.1. The van der Waals surface area contributed by atoms with Crippen LogP contribution in [0.2, 0.25) is 0 Å². The molecule has 2 aromatic heterocycles. The maximum absolute atomic E-state index is 5.65. The molecule has 8 nitrogen and oxygen atoms in total. The molecule has 4 rings (SSSR count). The molecule has 1 fully saturated rings. The number of hydrogen-bond donors (Lipinski definition) is 2. The first-order valence-corrected chi connectivity index (χ1v) is 10.9. The molecule has 0 radical (unpaired) electrons. The topological polar surface area (TPSA) is 79.1 Å². The Labute approximate surface area is 206 Å². The van der Waals surface area contributed by atoms with E-state index in [-0.39, 0.29) is 24.0 Å². The molecule has 1 aliphatic rings. The van der Waals surface area contributed by atoms with Crippen LogP contribution in [0.3, 0.4) is 0 Å². The summed E-state index contributed by atoms with van der Waals surface area (Å²) in [6.45, 7) is 9.88. The lowest BCUT2D eigenvalue weighted by atomic mass is 10.1. The second-order valence-electron chi connectivity index (χ2n) is 7.83. The molecule has 3 aromatic rings. The highest BCUT2D eigenvalue weighted by atomic mass is 127. The van der Waals surface area contributed by atoms with Crippen LogP contribution >= 0.6 is 24.0 Å². The van der Waals surface area contributed by atoms with Gasteiger partial charge in [0, 0.05) is 32.4 Å². The first-order valence-electron chi connectivity index (χ1n) is 10.9. The Morgan fingerprint density at radius 1 is 1.16 bits per heavy atom. The molecule has 32 heavy (non-hydrogen) atoms. The van der Waals surface area contributed by atoms with Gasteiger partial charge in [0.05, 0.1) is 25.8 Å². The Hall–Kier alpha value is -2.24. The summed E-state index contributed by atoms with van der Waals surface area (Å²) in [4.78, 5) is 7.22. The average Bonchev–Trinajstić information content (AvgIpc) is 3.19. The van der Waals surface area contributed by atoms with Gasteiger partial charge in [-0.15, -0.1) is 34.2 Å². The monoisotopic (exact) mass is 549 g/mol. The van der Waals surface area contributed by atoms with Gasteiger partial charge in [0.25, 0.3) is 0 Å². The zero-order valence-electron chi connectivity index (χ0n) is 18.7. The van der Waals surface area contributed by atoms with E-state index >= 15 is 0 Å². The fourth-order valence-electron chi connectivity index (χ4n) is 3.81. The number of pyridine rings is 1. The van der Waals surface area contributed by atoms with Gasteiger partial charge in [0.15, 0.2) is 17.4 Å².